The topological polar surface area (TPSA) is 48.5 Å². The molecule has 0 aliphatic heterocycles. The van der Waals surface area contributed by atoms with Gasteiger partial charge in [-0.15, -0.1) is 0 Å². The van der Waals surface area contributed by atoms with Gasteiger partial charge in [0, 0.05) is 57.3 Å². The van der Waals surface area contributed by atoms with Crippen LogP contribution in [0.2, 0.25) is 0 Å². The van der Waals surface area contributed by atoms with Gasteiger partial charge in [0.15, 0.2) is 0 Å². The molecular weight excluding hydrogens is 538 g/mol. The zero-order valence-electron chi connectivity index (χ0n) is 23.7. The van der Waals surface area contributed by atoms with Crippen LogP contribution in [0, 0.1) is 0 Å². The molecule has 4 aromatic carbocycles. The Hall–Kier alpha value is -6.07. The molecule has 5 heteroatoms. The zero-order chi connectivity index (χ0) is 29.0. The summed E-state index contributed by atoms with van der Waals surface area (Å²) < 4.78 is 4.68. The summed E-state index contributed by atoms with van der Waals surface area (Å²) in [5.41, 5.74) is 11.8. The lowest BCUT2D eigenvalue weighted by molar-refractivity contribution is 1.13. The number of benzene rings is 4. The monoisotopic (exact) mass is 563 g/mol. The molecule has 5 heterocycles. The lowest BCUT2D eigenvalue weighted by Crippen LogP contribution is -1.98. The van der Waals surface area contributed by atoms with Gasteiger partial charge in [-0.3, -0.25) is 15.0 Å². The van der Waals surface area contributed by atoms with Gasteiger partial charge in [0.25, 0.3) is 0 Å². The number of pyridine rings is 3. The smallest absolute Gasteiger partial charge is 0.0963 e. The molecule has 0 spiro atoms. The number of rotatable bonds is 4. The SMILES string of the molecule is c1ccc(-c2ccc3c(c2)c2ccccc2n3-c2cccc(-n3c4ccc(-c5ccccn5)cc4c4ncccc43)c2)nc1. The molecule has 5 aromatic heterocycles. The first kappa shape index (κ1) is 24.5. The fraction of sp³-hybridized carbons (Fsp3) is 0. The van der Waals surface area contributed by atoms with E-state index in [0.29, 0.717) is 0 Å². The molecule has 0 radical (unpaired) electrons. The summed E-state index contributed by atoms with van der Waals surface area (Å²) in [5, 5.41) is 3.53. The standard InChI is InChI=1S/C39H25N5/c1-2-14-35-30(11-1)31-23-26(33-12-3-5-20-40-33)16-18-36(31)43(35)28-9-7-10-29(25-28)44-37-19-17-27(34-13-4-6-21-41-34)24-32(37)39-38(44)15-8-22-42-39/h1-25H. The van der Waals surface area contributed by atoms with Crippen LogP contribution in [0.4, 0.5) is 0 Å². The van der Waals surface area contributed by atoms with E-state index in [2.05, 4.69) is 116 Å². The van der Waals surface area contributed by atoms with Crippen LogP contribution in [-0.4, -0.2) is 24.1 Å². The molecule has 206 valence electrons. The van der Waals surface area contributed by atoms with Gasteiger partial charge < -0.3 is 9.13 Å². The maximum absolute atomic E-state index is 4.83. The minimum absolute atomic E-state index is 0.950. The van der Waals surface area contributed by atoms with E-state index in [4.69, 9.17) is 4.98 Å². The number of aromatic nitrogens is 5. The molecule has 0 amide bonds. The molecule has 44 heavy (non-hydrogen) atoms. The van der Waals surface area contributed by atoms with Crippen LogP contribution in [0.25, 0.3) is 77.6 Å². The summed E-state index contributed by atoms with van der Waals surface area (Å²) in [4.78, 5) is 14.0. The molecule has 0 bridgehead atoms. The molecule has 9 rings (SSSR count). The molecule has 0 aliphatic carbocycles. The van der Waals surface area contributed by atoms with Crippen molar-refractivity contribution < 1.29 is 0 Å². The third-order valence-electron chi connectivity index (χ3n) is 8.46. The van der Waals surface area contributed by atoms with Gasteiger partial charge in [-0.25, -0.2) is 0 Å². The summed E-state index contributed by atoms with van der Waals surface area (Å²) in [6.07, 6.45) is 5.55. The normalized spacial score (nSPS) is 11.6. The van der Waals surface area contributed by atoms with Crippen LogP contribution in [0.15, 0.2) is 152 Å². The predicted molar refractivity (Wildman–Crippen MR) is 179 cm³/mol. The van der Waals surface area contributed by atoms with Crippen LogP contribution >= 0.6 is 0 Å². The van der Waals surface area contributed by atoms with E-state index < -0.39 is 0 Å². The minimum atomic E-state index is 0.950. The largest absolute Gasteiger partial charge is 0.309 e. The van der Waals surface area contributed by atoms with Gasteiger partial charge in [-0.1, -0.05) is 48.5 Å². The van der Waals surface area contributed by atoms with E-state index in [1.165, 1.54) is 16.3 Å². The molecule has 0 aliphatic rings. The van der Waals surface area contributed by atoms with Gasteiger partial charge >= 0.3 is 0 Å². The van der Waals surface area contributed by atoms with Crippen LogP contribution in [0.3, 0.4) is 0 Å². The quantitative estimate of drug-likeness (QED) is 0.214. The summed E-state index contributed by atoms with van der Waals surface area (Å²) in [6.45, 7) is 0. The Kier molecular flexibility index (Phi) is 5.43. The first-order valence-electron chi connectivity index (χ1n) is 14.7. The van der Waals surface area contributed by atoms with Crippen LogP contribution in [-0.2, 0) is 0 Å². The van der Waals surface area contributed by atoms with Gasteiger partial charge in [-0.2, -0.15) is 0 Å². The van der Waals surface area contributed by atoms with Gasteiger partial charge in [-0.05, 0) is 84.9 Å². The van der Waals surface area contributed by atoms with Crippen molar-refractivity contribution in [3.8, 4) is 33.9 Å². The number of hydrogen-bond acceptors (Lipinski definition) is 3. The molecule has 0 unspecified atom stereocenters. The molecule has 0 fully saturated rings. The molecule has 9 aromatic rings. The Bertz CT molecular complexity index is 2320. The van der Waals surface area contributed by atoms with E-state index >= 15 is 0 Å². The fourth-order valence-electron chi connectivity index (χ4n) is 6.52. The maximum Gasteiger partial charge on any atom is 0.0963 e. The molecular formula is C39H25N5. The van der Waals surface area contributed by atoms with Gasteiger partial charge in [0.1, 0.15) is 0 Å². The number of nitrogens with zero attached hydrogens (tertiary/aromatic N) is 5. The van der Waals surface area contributed by atoms with Gasteiger partial charge in [0.05, 0.1) is 39.0 Å². The second kappa shape index (κ2) is 9.75. The summed E-state index contributed by atoms with van der Waals surface area (Å²) in [5.74, 6) is 0. The number of fused-ring (bicyclic) bond motifs is 6. The second-order valence-corrected chi connectivity index (χ2v) is 11.0. The van der Waals surface area contributed by atoms with E-state index in [1.807, 2.05) is 55.0 Å². The van der Waals surface area contributed by atoms with Crippen molar-refractivity contribution in [2.75, 3.05) is 0 Å². The molecule has 0 atom stereocenters. The van der Waals surface area contributed by atoms with Crippen molar-refractivity contribution in [2.45, 2.75) is 0 Å². The Morgan fingerprint density at radius 2 is 0.932 bits per heavy atom. The van der Waals surface area contributed by atoms with E-state index in [-0.39, 0.29) is 0 Å². The summed E-state index contributed by atoms with van der Waals surface area (Å²) in [7, 11) is 0. The maximum atomic E-state index is 4.83. The molecule has 5 nitrogen and oxygen atoms in total. The zero-order valence-corrected chi connectivity index (χ0v) is 23.7. The highest BCUT2D eigenvalue weighted by atomic mass is 15.0. The molecule has 0 saturated heterocycles. The van der Waals surface area contributed by atoms with E-state index in [0.717, 1.165) is 61.3 Å². The van der Waals surface area contributed by atoms with Crippen LogP contribution < -0.4 is 0 Å². The Labute approximate surface area is 253 Å². The van der Waals surface area contributed by atoms with Crippen LogP contribution in [0.5, 0.6) is 0 Å². The number of para-hydroxylation sites is 1. The summed E-state index contributed by atoms with van der Waals surface area (Å²) >= 11 is 0. The third kappa shape index (κ3) is 3.76. The average Bonchev–Trinajstić information content (AvgIpc) is 3.61. The second-order valence-electron chi connectivity index (χ2n) is 11.0. The highest BCUT2D eigenvalue weighted by Crippen LogP contribution is 2.37. The third-order valence-corrected chi connectivity index (χ3v) is 8.46. The van der Waals surface area contributed by atoms with Crippen molar-refractivity contribution in [3.63, 3.8) is 0 Å². The van der Waals surface area contributed by atoms with Crippen LogP contribution in [0.1, 0.15) is 0 Å². The molecule has 0 saturated carbocycles. The van der Waals surface area contributed by atoms with Crippen molar-refractivity contribution in [2.24, 2.45) is 0 Å². The lowest BCUT2D eigenvalue weighted by atomic mass is 10.1. The first-order chi connectivity index (χ1) is 21.8. The van der Waals surface area contributed by atoms with E-state index in [9.17, 15) is 0 Å². The lowest BCUT2D eigenvalue weighted by Gasteiger charge is -2.13. The minimum Gasteiger partial charge on any atom is -0.309 e. The van der Waals surface area contributed by atoms with E-state index in [1.54, 1.807) is 0 Å². The van der Waals surface area contributed by atoms with Crippen molar-refractivity contribution >= 4 is 43.7 Å². The average molecular weight is 564 g/mol. The first-order valence-corrected chi connectivity index (χ1v) is 14.7. The van der Waals surface area contributed by atoms with Crippen molar-refractivity contribution in [1.82, 2.24) is 24.1 Å². The predicted octanol–water partition coefficient (Wildman–Crippen LogP) is 9.40. The number of hydrogen-bond donors (Lipinski definition) is 0. The fourth-order valence-corrected chi connectivity index (χ4v) is 6.52. The highest BCUT2D eigenvalue weighted by Gasteiger charge is 2.17. The molecule has 0 N–H and O–H groups in total. The van der Waals surface area contributed by atoms with Crippen molar-refractivity contribution in [3.05, 3.63) is 152 Å². The Morgan fingerprint density at radius 1 is 0.364 bits per heavy atom. The van der Waals surface area contributed by atoms with Crippen molar-refractivity contribution in [1.29, 1.82) is 0 Å². The summed E-state index contributed by atoms with van der Waals surface area (Å²) in [6, 6.07) is 46.8. The van der Waals surface area contributed by atoms with Gasteiger partial charge in [0.2, 0.25) is 0 Å². The Morgan fingerprint density at radius 3 is 1.64 bits per heavy atom. The Balaban J connectivity index is 1.25. The highest BCUT2D eigenvalue weighted by molar-refractivity contribution is 6.11.